The van der Waals surface area contributed by atoms with Gasteiger partial charge in [0, 0.05) is 50.6 Å². The molecule has 36 heavy (non-hydrogen) atoms. The number of alkyl halides is 3. The molecule has 0 aromatic heterocycles. The maximum Gasteiger partial charge on any atom is 0.416 e. The van der Waals surface area contributed by atoms with Crippen molar-refractivity contribution in [3.05, 3.63) is 46.0 Å². The van der Waals surface area contributed by atoms with Crippen LogP contribution < -0.4 is 0 Å². The Morgan fingerprint density at radius 2 is 1.75 bits per heavy atom. The number of hydrogen-bond donors (Lipinski definition) is 0. The largest absolute Gasteiger partial charge is 0.450 e. The highest BCUT2D eigenvalue weighted by molar-refractivity contribution is 7.91. The number of rotatable bonds is 2. The number of nitrogens with zero attached hydrogens (tertiary/aromatic N) is 2. The van der Waals surface area contributed by atoms with Gasteiger partial charge in [0.15, 0.2) is 0 Å². The van der Waals surface area contributed by atoms with E-state index in [1.807, 2.05) is 0 Å². The third-order valence-electron chi connectivity index (χ3n) is 8.12. The van der Waals surface area contributed by atoms with Gasteiger partial charge in [0.25, 0.3) is 5.91 Å². The molecular weight excluding hydrogens is 497 g/mol. The Kier molecular flexibility index (Phi) is 6.22. The van der Waals surface area contributed by atoms with Crippen LogP contribution >= 0.6 is 0 Å². The summed E-state index contributed by atoms with van der Waals surface area (Å²) < 4.78 is 69.0. The van der Waals surface area contributed by atoms with Crippen molar-refractivity contribution in [3.63, 3.8) is 0 Å². The fourth-order valence-corrected chi connectivity index (χ4v) is 7.48. The number of carbonyl (C=O) groups is 2. The average Bonchev–Trinajstić information content (AvgIpc) is 3.07. The Hall–Kier alpha value is -2.40. The third-order valence-corrected chi connectivity index (χ3v) is 9.83. The molecule has 0 saturated carbocycles. The van der Waals surface area contributed by atoms with Crippen LogP contribution in [0.4, 0.5) is 13.2 Å². The summed E-state index contributed by atoms with van der Waals surface area (Å²) in [5.74, 6) is -0.557. The molecule has 1 aromatic rings. The first-order chi connectivity index (χ1) is 16.9. The molecule has 0 atom stereocenters. The lowest BCUT2D eigenvalue weighted by Crippen LogP contribution is -2.53. The number of sulfone groups is 1. The number of amides is 1. The standard InChI is InChI=1S/C25H29F3N2O5S/c1-16-21(22(31)30-9-4-17-2-3-19(25(26,27)28)14-18(17)15-30)24(35-23(16)32)7-10-29(11-8-24)20-5-12-36(33,34)13-6-20/h2-3,14,20H,4-13,15H2,1H3. The number of likely N-dealkylation sites (tertiary alicyclic amines) is 1. The Morgan fingerprint density at radius 3 is 2.39 bits per heavy atom. The van der Waals surface area contributed by atoms with E-state index >= 15 is 0 Å². The molecule has 0 N–H and O–H groups in total. The molecule has 1 amide bonds. The number of esters is 1. The van der Waals surface area contributed by atoms with Crippen molar-refractivity contribution < 1.29 is 35.9 Å². The monoisotopic (exact) mass is 526 g/mol. The van der Waals surface area contributed by atoms with Crippen LogP contribution in [0, 0.1) is 0 Å². The molecule has 1 spiro atoms. The fraction of sp³-hybridized carbons (Fsp3) is 0.600. The zero-order valence-electron chi connectivity index (χ0n) is 20.1. The van der Waals surface area contributed by atoms with E-state index in [1.165, 1.54) is 11.0 Å². The van der Waals surface area contributed by atoms with Crippen LogP contribution in [0.1, 0.15) is 49.3 Å². The lowest BCUT2D eigenvalue weighted by molar-refractivity contribution is -0.152. The van der Waals surface area contributed by atoms with Crippen molar-refractivity contribution in [2.24, 2.45) is 0 Å². The number of hydrogen-bond acceptors (Lipinski definition) is 6. The highest BCUT2D eigenvalue weighted by atomic mass is 32.2. The second-order valence-corrected chi connectivity index (χ2v) is 12.6. The van der Waals surface area contributed by atoms with Gasteiger partial charge in [-0.1, -0.05) is 6.07 Å². The SMILES string of the molecule is CC1=C(C(=O)N2CCc3ccc(C(F)(F)F)cc3C2)C2(CCN(C3CCS(=O)(=O)CC3)CC2)OC1=O. The van der Waals surface area contributed by atoms with E-state index in [0.717, 1.165) is 17.7 Å². The minimum atomic E-state index is -4.47. The Labute approximate surface area is 208 Å². The van der Waals surface area contributed by atoms with Gasteiger partial charge in [-0.3, -0.25) is 9.69 Å². The molecule has 0 bridgehead atoms. The van der Waals surface area contributed by atoms with E-state index in [4.69, 9.17) is 4.74 Å². The summed E-state index contributed by atoms with van der Waals surface area (Å²) in [5, 5.41) is 0. The number of ether oxygens (including phenoxy) is 1. The first-order valence-corrected chi connectivity index (χ1v) is 14.1. The maximum atomic E-state index is 13.7. The molecule has 11 heteroatoms. The summed E-state index contributed by atoms with van der Waals surface area (Å²) in [4.78, 5) is 30.0. The van der Waals surface area contributed by atoms with Gasteiger partial charge >= 0.3 is 12.1 Å². The van der Waals surface area contributed by atoms with Crippen LogP contribution in [-0.2, 0) is 43.3 Å². The van der Waals surface area contributed by atoms with Gasteiger partial charge < -0.3 is 9.64 Å². The smallest absolute Gasteiger partial charge is 0.416 e. The van der Waals surface area contributed by atoms with Gasteiger partial charge in [-0.25, -0.2) is 13.2 Å². The molecule has 1 aromatic carbocycles. The van der Waals surface area contributed by atoms with Crippen LogP contribution in [0.25, 0.3) is 0 Å². The first-order valence-electron chi connectivity index (χ1n) is 12.3. The fourth-order valence-electron chi connectivity index (χ4n) is 6.01. The summed E-state index contributed by atoms with van der Waals surface area (Å²) in [5.41, 5.74) is 0.0208. The molecule has 0 radical (unpaired) electrons. The third kappa shape index (κ3) is 4.55. The normalized spacial score (nSPS) is 24.7. The molecule has 4 aliphatic rings. The van der Waals surface area contributed by atoms with Crippen LogP contribution in [0.2, 0.25) is 0 Å². The van der Waals surface area contributed by atoms with Crippen molar-refractivity contribution >= 4 is 21.7 Å². The molecule has 0 aliphatic carbocycles. The van der Waals surface area contributed by atoms with E-state index in [-0.39, 0.29) is 35.6 Å². The zero-order valence-corrected chi connectivity index (χ0v) is 20.9. The molecule has 4 aliphatic heterocycles. The highest BCUT2D eigenvalue weighted by Crippen LogP contribution is 2.43. The van der Waals surface area contributed by atoms with Crippen molar-refractivity contribution in [2.75, 3.05) is 31.1 Å². The quantitative estimate of drug-likeness (QED) is 0.552. The predicted octanol–water partition coefficient (Wildman–Crippen LogP) is 2.88. The van der Waals surface area contributed by atoms with E-state index in [0.29, 0.717) is 62.9 Å². The van der Waals surface area contributed by atoms with Gasteiger partial charge in [0.05, 0.1) is 22.6 Å². The number of carbonyl (C=O) groups excluding carboxylic acids is 2. The molecule has 7 nitrogen and oxygen atoms in total. The second kappa shape index (κ2) is 8.86. The Bertz CT molecular complexity index is 1220. The number of halogens is 3. The molecule has 4 heterocycles. The van der Waals surface area contributed by atoms with Gasteiger partial charge in [0.1, 0.15) is 15.4 Å². The van der Waals surface area contributed by atoms with E-state index < -0.39 is 33.1 Å². The highest BCUT2D eigenvalue weighted by Gasteiger charge is 2.52. The second-order valence-electron chi connectivity index (χ2n) is 10.3. The lowest BCUT2D eigenvalue weighted by Gasteiger charge is -2.44. The Morgan fingerprint density at radius 1 is 1.08 bits per heavy atom. The number of piperidine rings is 1. The van der Waals surface area contributed by atoms with Gasteiger partial charge in [0.2, 0.25) is 0 Å². The topological polar surface area (TPSA) is 84.0 Å². The van der Waals surface area contributed by atoms with Crippen LogP contribution in [0.3, 0.4) is 0 Å². The van der Waals surface area contributed by atoms with E-state index in [2.05, 4.69) is 4.90 Å². The molecule has 2 saturated heterocycles. The number of benzene rings is 1. The van der Waals surface area contributed by atoms with Crippen LogP contribution in [0.15, 0.2) is 29.3 Å². The molecular formula is C25H29F3N2O5S. The van der Waals surface area contributed by atoms with Crippen molar-refractivity contribution in [3.8, 4) is 0 Å². The van der Waals surface area contributed by atoms with Crippen molar-refractivity contribution in [2.45, 2.75) is 63.4 Å². The lowest BCUT2D eigenvalue weighted by atomic mass is 9.81. The minimum Gasteiger partial charge on any atom is -0.450 e. The van der Waals surface area contributed by atoms with Gasteiger partial charge in [-0.15, -0.1) is 0 Å². The molecule has 5 rings (SSSR count). The maximum absolute atomic E-state index is 13.7. The van der Waals surface area contributed by atoms with Gasteiger partial charge in [-0.05, 0) is 49.4 Å². The van der Waals surface area contributed by atoms with Crippen LogP contribution in [0.5, 0.6) is 0 Å². The van der Waals surface area contributed by atoms with E-state index in [9.17, 15) is 31.2 Å². The summed E-state index contributed by atoms with van der Waals surface area (Å²) >= 11 is 0. The number of fused-ring (bicyclic) bond motifs is 1. The summed E-state index contributed by atoms with van der Waals surface area (Å²) in [6, 6.07) is 3.79. The summed E-state index contributed by atoms with van der Waals surface area (Å²) in [6.45, 7) is 3.10. The van der Waals surface area contributed by atoms with Crippen molar-refractivity contribution in [1.82, 2.24) is 9.80 Å². The first kappa shape index (κ1) is 25.3. The zero-order chi connectivity index (χ0) is 25.9. The van der Waals surface area contributed by atoms with Crippen LogP contribution in [-0.4, -0.2) is 72.9 Å². The summed E-state index contributed by atoms with van der Waals surface area (Å²) in [7, 11) is -2.97. The van der Waals surface area contributed by atoms with Crippen molar-refractivity contribution in [1.29, 1.82) is 0 Å². The predicted molar refractivity (Wildman–Crippen MR) is 125 cm³/mol. The Balaban J connectivity index is 1.33. The summed E-state index contributed by atoms with van der Waals surface area (Å²) in [6.07, 6.45) is -2.05. The molecule has 196 valence electrons. The molecule has 2 fully saturated rings. The molecule has 0 unspecified atom stereocenters. The van der Waals surface area contributed by atoms with E-state index in [1.54, 1.807) is 6.92 Å². The minimum absolute atomic E-state index is 0.0435. The van der Waals surface area contributed by atoms with Gasteiger partial charge in [-0.2, -0.15) is 13.2 Å². The average molecular weight is 527 g/mol.